The summed E-state index contributed by atoms with van der Waals surface area (Å²) >= 11 is 0. The minimum Gasteiger partial charge on any atom is -0.407 e. The third kappa shape index (κ3) is 1.87. The molecule has 1 aromatic heterocycles. The van der Waals surface area contributed by atoms with Gasteiger partial charge in [-0.05, 0) is 26.2 Å². The van der Waals surface area contributed by atoms with Crippen molar-refractivity contribution in [2.45, 2.75) is 13.6 Å². The van der Waals surface area contributed by atoms with Gasteiger partial charge >= 0.3 is 6.98 Å². The van der Waals surface area contributed by atoms with Crippen molar-refractivity contribution in [3.63, 3.8) is 0 Å². The van der Waals surface area contributed by atoms with E-state index in [0.29, 0.717) is 14.0 Å². The average Bonchev–Trinajstić information content (AvgIpc) is 2.73. The van der Waals surface area contributed by atoms with E-state index in [1.807, 2.05) is 6.20 Å². The van der Waals surface area contributed by atoms with Crippen LogP contribution >= 0.6 is 0 Å². The number of rotatable bonds is 1. The van der Waals surface area contributed by atoms with Crippen LogP contribution in [0.5, 0.6) is 0 Å². The van der Waals surface area contributed by atoms with Gasteiger partial charge in [-0.1, -0.05) is 13.6 Å². The van der Waals surface area contributed by atoms with E-state index in [1.165, 1.54) is 5.82 Å². The fraction of sp³-hybridized carbons (Fsp3) is 0.500. The number of hydrogen-bond donors (Lipinski definition) is 1. The predicted molar refractivity (Wildman–Crippen MR) is 69.2 cm³/mol. The van der Waals surface area contributed by atoms with Crippen LogP contribution in [-0.2, 0) is 0 Å². The molecule has 7 heteroatoms. The van der Waals surface area contributed by atoms with Crippen molar-refractivity contribution in [3.8, 4) is 0 Å². The molecule has 0 unspecified atom stereocenters. The Morgan fingerprint density at radius 3 is 2.60 bits per heavy atom. The normalized spacial score (nSPS) is 20.1. The monoisotopic (exact) mass is 219 g/mol. The van der Waals surface area contributed by atoms with Gasteiger partial charge in [0.15, 0.2) is 0 Å². The first-order chi connectivity index (χ1) is 7.11. The number of hydrogen-bond acceptors (Lipinski definition) is 3. The average molecular weight is 219 g/mol. The minimum absolute atomic E-state index is 0.173. The van der Waals surface area contributed by atoms with Gasteiger partial charge in [0.1, 0.15) is 0 Å². The zero-order valence-corrected chi connectivity index (χ0v) is 11.0. The van der Waals surface area contributed by atoms with E-state index in [0.717, 1.165) is 0 Å². The highest BCUT2D eigenvalue weighted by Crippen LogP contribution is 2.18. The molecule has 0 spiro atoms. The lowest BCUT2D eigenvalue weighted by Crippen LogP contribution is -2.69. The highest BCUT2D eigenvalue weighted by Gasteiger charge is 2.37. The molecule has 0 bridgehead atoms. The molecule has 1 saturated heterocycles. The first kappa shape index (κ1) is 10.9. The number of nitrogens with zero attached hydrogens (tertiary/aromatic N) is 3. The highest BCUT2D eigenvalue weighted by molar-refractivity contribution is 6.86. The number of aromatic amines is 1. The molecule has 1 radical (unpaired) electrons. The van der Waals surface area contributed by atoms with Crippen molar-refractivity contribution in [2.75, 3.05) is 18.6 Å². The van der Waals surface area contributed by atoms with Gasteiger partial charge in [0, 0.05) is 6.20 Å². The summed E-state index contributed by atoms with van der Waals surface area (Å²) in [6.45, 7) is 5.51. The van der Waals surface area contributed by atoms with Crippen molar-refractivity contribution < 1.29 is 0 Å². The summed E-state index contributed by atoms with van der Waals surface area (Å²) in [6, 6.07) is 4.20. The number of aromatic nitrogens is 1. The molecular formula is C8H17B2N4Si. The Morgan fingerprint density at radius 2 is 2.00 bits per heavy atom. The fourth-order valence-corrected chi connectivity index (χ4v) is 3.41. The maximum Gasteiger partial charge on any atom is 0.322 e. The van der Waals surface area contributed by atoms with Gasteiger partial charge in [-0.2, -0.15) is 0 Å². The third-order valence-electron chi connectivity index (χ3n) is 3.34. The lowest BCUT2D eigenvalue weighted by Gasteiger charge is -2.46. The van der Waals surface area contributed by atoms with Crippen LogP contribution in [0.15, 0.2) is 18.3 Å². The Hall–Kier alpha value is -0.653. The molecule has 4 nitrogen and oxygen atoms in total. The zero-order valence-electron chi connectivity index (χ0n) is 9.81. The molecule has 1 aliphatic rings. The summed E-state index contributed by atoms with van der Waals surface area (Å²) < 4.78 is 7.25. The van der Waals surface area contributed by atoms with Gasteiger partial charge < -0.3 is 18.7 Å². The van der Waals surface area contributed by atoms with Crippen molar-refractivity contribution >= 4 is 29.6 Å². The molecule has 1 aromatic rings. The largest absolute Gasteiger partial charge is 0.407 e. The summed E-state index contributed by atoms with van der Waals surface area (Å²) in [6.07, 6.45) is 1.99. The molecule has 15 heavy (non-hydrogen) atoms. The topological polar surface area (TPSA) is 25.5 Å². The zero-order chi connectivity index (χ0) is 11.0. The summed E-state index contributed by atoms with van der Waals surface area (Å²) in [5.74, 6) is 1.23. The molecule has 2 heterocycles. The van der Waals surface area contributed by atoms with Crippen molar-refractivity contribution in [1.29, 1.82) is 0 Å². The minimum atomic E-state index is 0.173. The van der Waals surface area contributed by atoms with Gasteiger partial charge in [0.05, 0.1) is 5.82 Å². The standard InChI is InChI=1S/C8H17B2N4Si/c1-9-12(3)10(2)14(15-13(9)4)8-6-5-7-11-8/h5-7,11,15H,1-4H3. The van der Waals surface area contributed by atoms with Gasteiger partial charge in [-0.15, -0.1) is 0 Å². The molecule has 0 aromatic carbocycles. The second-order valence-electron chi connectivity index (χ2n) is 4.17. The molecule has 0 atom stereocenters. The predicted octanol–water partition coefficient (Wildman–Crippen LogP) is 0.201. The van der Waals surface area contributed by atoms with Crippen LogP contribution in [0.2, 0.25) is 13.6 Å². The summed E-state index contributed by atoms with van der Waals surface area (Å²) in [7, 11) is 4.55. The van der Waals surface area contributed by atoms with Crippen LogP contribution in [0.25, 0.3) is 0 Å². The summed E-state index contributed by atoms with van der Waals surface area (Å²) in [5, 5.41) is 0. The fourth-order valence-electron chi connectivity index (χ4n) is 1.93. The Labute approximate surface area is 94.8 Å². The van der Waals surface area contributed by atoms with Gasteiger partial charge in [-0.3, -0.25) is 0 Å². The highest BCUT2D eigenvalue weighted by atomic mass is 28.2. The van der Waals surface area contributed by atoms with Crippen molar-refractivity contribution in [2.24, 2.45) is 0 Å². The van der Waals surface area contributed by atoms with Crippen LogP contribution < -0.4 is 4.48 Å². The molecule has 1 N–H and O–H groups in total. The number of H-pyrrole nitrogens is 1. The van der Waals surface area contributed by atoms with Crippen LogP contribution in [0.3, 0.4) is 0 Å². The number of nitrogens with one attached hydrogen (secondary N) is 1. The quantitative estimate of drug-likeness (QED) is 0.683. The molecule has 1 aliphatic heterocycles. The van der Waals surface area contributed by atoms with Crippen molar-refractivity contribution in [1.82, 2.24) is 14.2 Å². The van der Waals surface area contributed by atoms with Gasteiger partial charge in [-0.25, -0.2) is 0 Å². The van der Waals surface area contributed by atoms with Crippen LogP contribution in [-0.4, -0.2) is 52.1 Å². The second-order valence-corrected chi connectivity index (χ2v) is 5.77. The Kier molecular flexibility index (Phi) is 2.95. The van der Waals surface area contributed by atoms with Crippen LogP contribution in [0.4, 0.5) is 5.82 Å². The third-order valence-corrected chi connectivity index (χ3v) is 5.09. The first-order valence-electron chi connectivity index (χ1n) is 5.32. The van der Waals surface area contributed by atoms with Crippen LogP contribution in [0, 0.1) is 0 Å². The van der Waals surface area contributed by atoms with E-state index < -0.39 is 0 Å². The molecule has 2 rings (SSSR count). The Morgan fingerprint density at radius 1 is 1.27 bits per heavy atom. The lowest BCUT2D eigenvalue weighted by atomic mass is 9.63. The van der Waals surface area contributed by atoms with E-state index >= 15 is 0 Å². The first-order valence-corrected chi connectivity index (χ1v) is 6.35. The lowest BCUT2D eigenvalue weighted by molar-refractivity contribution is 0.659. The molecule has 0 amide bonds. The molecule has 79 valence electrons. The molecular weight excluding hydrogens is 202 g/mol. The summed E-state index contributed by atoms with van der Waals surface area (Å²) in [5.41, 5.74) is 0. The Bertz CT molecular complexity index is 320. The number of anilines is 1. The van der Waals surface area contributed by atoms with E-state index in [4.69, 9.17) is 0 Å². The molecule has 0 aliphatic carbocycles. The van der Waals surface area contributed by atoms with E-state index in [9.17, 15) is 0 Å². The van der Waals surface area contributed by atoms with E-state index in [-0.39, 0.29) is 9.84 Å². The van der Waals surface area contributed by atoms with E-state index in [1.54, 1.807) is 0 Å². The molecule has 0 saturated carbocycles. The SMILES string of the molecule is CB1N(C)[SiH]N(c2ccc[nH]2)B(C)N1C. The van der Waals surface area contributed by atoms with Crippen molar-refractivity contribution in [3.05, 3.63) is 18.3 Å². The molecule has 1 fully saturated rings. The maximum absolute atomic E-state index is 3.29. The van der Waals surface area contributed by atoms with Gasteiger partial charge in [0.2, 0.25) is 9.84 Å². The van der Waals surface area contributed by atoms with E-state index in [2.05, 4.69) is 58.5 Å². The Balaban J connectivity index is 2.20. The van der Waals surface area contributed by atoms with Gasteiger partial charge in [0.25, 0.3) is 6.98 Å². The maximum atomic E-state index is 3.29. The second kappa shape index (κ2) is 4.07. The smallest absolute Gasteiger partial charge is 0.322 e. The van der Waals surface area contributed by atoms with Crippen LogP contribution in [0.1, 0.15) is 0 Å². The summed E-state index contributed by atoms with van der Waals surface area (Å²) in [4.78, 5) is 3.29.